The minimum atomic E-state index is -3.86. The van der Waals surface area contributed by atoms with Crippen molar-refractivity contribution in [1.29, 1.82) is 0 Å². The number of phenols is 2. The molecule has 0 aliphatic carbocycles. The van der Waals surface area contributed by atoms with Crippen LogP contribution >= 0.6 is 0 Å². The van der Waals surface area contributed by atoms with E-state index in [9.17, 15) is 18.6 Å². The molecular weight excluding hydrogens is 280 g/mol. The summed E-state index contributed by atoms with van der Waals surface area (Å²) in [6, 6.07) is 2.62. The molecule has 1 aromatic rings. The number of aromatic hydroxyl groups is 2. The molecule has 0 heterocycles. The molecule has 0 aliphatic rings. The molecule has 0 amide bonds. The maximum atomic E-state index is 12.1. The molecule has 20 heavy (non-hydrogen) atoms. The molecule has 0 saturated heterocycles. The van der Waals surface area contributed by atoms with Crippen molar-refractivity contribution in [2.45, 2.75) is 51.2 Å². The first kappa shape index (κ1) is 16.7. The van der Waals surface area contributed by atoms with Gasteiger partial charge in [0.25, 0.3) is 0 Å². The number of phenolic OH excluding ortho intramolecular Hbond substituents is 2. The van der Waals surface area contributed by atoms with Crippen LogP contribution in [0, 0.1) is 0 Å². The Morgan fingerprint density at radius 3 is 2.20 bits per heavy atom. The number of hydrogen-bond donors (Lipinski definition) is 4. The topological polar surface area (TPSA) is 98.7 Å². The SMILES string of the molecule is CC(C)NCc1cc(O)c(O)c(S(=O)(=O)NC(C)C)c1. The number of sulfonamides is 1. The fraction of sp³-hybridized carbons (Fsp3) is 0.538. The Morgan fingerprint density at radius 1 is 1.10 bits per heavy atom. The summed E-state index contributed by atoms with van der Waals surface area (Å²) in [5.74, 6) is -1.08. The van der Waals surface area contributed by atoms with Crippen LogP contribution in [-0.4, -0.2) is 30.7 Å². The van der Waals surface area contributed by atoms with Gasteiger partial charge in [-0.15, -0.1) is 0 Å². The van der Waals surface area contributed by atoms with E-state index in [1.165, 1.54) is 12.1 Å². The van der Waals surface area contributed by atoms with Crippen LogP contribution in [0.2, 0.25) is 0 Å². The van der Waals surface area contributed by atoms with E-state index >= 15 is 0 Å². The predicted octanol–water partition coefficient (Wildman–Crippen LogP) is 1.28. The van der Waals surface area contributed by atoms with E-state index in [1.54, 1.807) is 13.8 Å². The minimum absolute atomic E-state index is 0.222. The standard InChI is InChI=1S/C13H22N2O4S/c1-8(2)14-7-10-5-11(16)13(17)12(6-10)20(18,19)15-9(3)4/h5-6,8-9,14-17H,7H2,1-4H3. The molecule has 114 valence electrons. The third kappa shape index (κ3) is 4.36. The molecule has 0 unspecified atom stereocenters. The van der Waals surface area contributed by atoms with Gasteiger partial charge >= 0.3 is 0 Å². The second-order valence-electron chi connectivity index (χ2n) is 5.27. The molecule has 0 radical (unpaired) electrons. The first-order chi connectivity index (χ1) is 9.13. The van der Waals surface area contributed by atoms with E-state index in [0.717, 1.165) is 0 Å². The van der Waals surface area contributed by atoms with Crippen LogP contribution in [0.3, 0.4) is 0 Å². The van der Waals surface area contributed by atoms with Crippen LogP contribution < -0.4 is 10.0 Å². The summed E-state index contributed by atoms with van der Waals surface area (Å²) in [5.41, 5.74) is 0.582. The van der Waals surface area contributed by atoms with Crippen molar-refractivity contribution in [1.82, 2.24) is 10.0 Å². The normalized spacial score (nSPS) is 12.3. The zero-order valence-electron chi connectivity index (χ0n) is 12.1. The molecule has 0 spiro atoms. The van der Waals surface area contributed by atoms with Crippen molar-refractivity contribution >= 4 is 10.0 Å². The highest BCUT2D eigenvalue weighted by Gasteiger charge is 2.22. The zero-order valence-corrected chi connectivity index (χ0v) is 13.0. The average molecular weight is 302 g/mol. The van der Waals surface area contributed by atoms with Gasteiger partial charge in [0.1, 0.15) is 4.90 Å². The molecule has 1 rings (SSSR count). The number of benzene rings is 1. The lowest BCUT2D eigenvalue weighted by molar-refractivity contribution is 0.391. The zero-order chi connectivity index (χ0) is 15.5. The molecule has 0 aliphatic heterocycles. The fourth-order valence-corrected chi connectivity index (χ4v) is 3.06. The number of hydrogen-bond acceptors (Lipinski definition) is 5. The number of rotatable bonds is 6. The largest absolute Gasteiger partial charge is 0.504 e. The molecular formula is C13H22N2O4S. The molecule has 7 heteroatoms. The van der Waals surface area contributed by atoms with Crippen molar-refractivity contribution in [3.8, 4) is 11.5 Å². The highest BCUT2D eigenvalue weighted by atomic mass is 32.2. The lowest BCUT2D eigenvalue weighted by atomic mass is 10.2. The van der Waals surface area contributed by atoms with Gasteiger partial charge in [0.15, 0.2) is 11.5 Å². The molecule has 4 N–H and O–H groups in total. The molecule has 0 aromatic heterocycles. The molecule has 0 fully saturated rings. The van der Waals surface area contributed by atoms with Crippen molar-refractivity contribution < 1.29 is 18.6 Å². The number of nitrogens with one attached hydrogen (secondary N) is 2. The first-order valence-electron chi connectivity index (χ1n) is 6.44. The van der Waals surface area contributed by atoms with Gasteiger partial charge in [-0.1, -0.05) is 13.8 Å². The van der Waals surface area contributed by atoms with E-state index in [-0.39, 0.29) is 17.0 Å². The second kappa shape index (κ2) is 6.43. The molecule has 0 atom stereocenters. The Balaban J connectivity index is 3.19. The van der Waals surface area contributed by atoms with E-state index in [4.69, 9.17) is 0 Å². The third-order valence-electron chi connectivity index (χ3n) is 2.51. The molecule has 0 saturated carbocycles. The maximum Gasteiger partial charge on any atom is 0.244 e. The molecule has 1 aromatic carbocycles. The van der Waals surface area contributed by atoms with Gasteiger partial charge in [-0.25, -0.2) is 13.1 Å². The van der Waals surface area contributed by atoms with Crippen LogP contribution in [0.15, 0.2) is 17.0 Å². The quantitative estimate of drug-likeness (QED) is 0.593. The summed E-state index contributed by atoms with van der Waals surface area (Å²) < 4.78 is 26.6. The molecule has 0 bridgehead atoms. The fourth-order valence-electron chi connectivity index (χ4n) is 1.65. The van der Waals surface area contributed by atoms with E-state index in [2.05, 4.69) is 10.0 Å². The van der Waals surface area contributed by atoms with Crippen LogP contribution in [0.25, 0.3) is 0 Å². The van der Waals surface area contributed by atoms with Gasteiger partial charge in [-0.05, 0) is 31.5 Å². The third-order valence-corrected chi connectivity index (χ3v) is 4.18. The first-order valence-corrected chi connectivity index (χ1v) is 7.92. The van der Waals surface area contributed by atoms with Crippen LogP contribution in [0.5, 0.6) is 11.5 Å². The summed E-state index contributed by atoms with van der Waals surface area (Å²) >= 11 is 0. The van der Waals surface area contributed by atoms with Crippen molar-refractivity contribution in [3.63, 3.8) is 0 Å². The van der Waals surface area contributed by atoms with Gasteiger partial charge in [-0.3, -0.25) is 0 Å². The van der Waals surface area contributed by atoms with Crippen molar-refractivity contribution in [2.24, 2.45) is 0 Å². The molecule has 6 nitrogen and oxygen atoms in total. The van der Waals surface area contributed by atoms with E-state index < -0.39 is 21.5 Å². The lowest BCUT2D eigenvalue weighted by Gasteiger charge is -2.14. The van der Waals surface area contributed by atoms with Crippen LogP contribution in [0.4, 0.5) is 0 Å². The van der Waals surface area contributed by atoms with Gasteiger partial charge in [-0.2, -0.15) is 0 Å². The van der Waals surface area contributed by atoms with Gasteiger partial charge in [0, 0.05) is 18.6 Å². The highest BCUT2D eigenvalue weighted by Crippen LogP contribution is 2.33. The van der Waals surface area contributed by atoms with Crippen LogP contribution in [-0.2, 0) is 16.6 Å². The Bertz CT molecular complexity index is 568. The monoisotopic (exact) mass is 302 g/mol. The average Bonchev–Trinajstić information content (AvgIpc) is 2.28. The van der Waals surface area contributed by atoms with Crippen molar-refractivity contribution in [3.05, 3.63) is 17.7 Å². The maximum absolute atomic E-state index is 12.1. The minimum Gasteiger partial charge on any atom is -0.504 e. The summed E-state index contributed by atoms with van der Waals surface area (Å²) in [5, 5.41) is 22.6. The Morgan fingerprint density at radius 2 is 1.70 bits per heavy atom. The summed E-state index contributed by atoms with van der Waals surface area (Å²) in [7, 11) is -3.86. The van der Waals surface area contributed by atoms with E-state index in [0.29, 0.717) is 12.1 Å². The van der Waals surface area contributed by atoms with Gasteiger partial charge in [0.05, 0.1) is 0 Å². The lowest BCUT2D eigenvalue weighted by Crippen LogP contribution is -2.30. The Hall–Kier alpha value is -1.31. The van der Waals surface area contributed by atoms with E-state index in [1.807, 2.05) is 13.8 Å². The smallest absolute Gasteiger partial charge is 0.244 e. The second-order valence-corrected chi connectivity index (χ2v) is 6.96. The summed E-state index contributed by atoms with van der Waals surface area (Å²) in [6.07, 6.45) is 0. The predicted molar refractivity (Wildman–Crippen MR) is 77.2 cm³/mol. The summed E-state index contributed by atoms with van der Waals surface area (Å²) in [4.78, 5) is -0.313. The Labute approximate surface area is 119 Å². The highest BCUT2D eigenvalue weighted by molar-refractivity contribution is 7.89. The van der Waals surface area contributed by atoms with Crippen LogP contribution in [0.1, 0.15) is 33.3 Å². The van der Waals surface area contributed by atoms with Gasteiger partial charge < -0.3 is 15.5 Å². The van der Waals surface area contributed by atoms with Crippen molar-refractivity contribution in [2.75, 3.05) is 0 Å². The Kier molecular flexibility index (Phi) is 5.38. The summed E-state index contributed by atoms with van der Waals surface area (Å²) in [6.45, 7) is 7.67. The van der Waals surface area contributed by atoms with Gasteiger partial charge in [0.2, 0.25) is 10.0 Å².